The third-order valence-corrected chi connectivity index (χ3v) is 2.27. The molecular formula is C7H13NO3. The van der Waals surface area contributed by atoms with Gasteiger partial charge in [0.05, 0.1) is 6.10 Å². The normalized spacial score (nSPS) is 38.5. The van der Waals surface area contributed by atoms with E-state index in [1.54, 1.807) is 0 Å². The fourth-order valence-corrected chi connectivity index (χ4v) is 1.33. The predicted octanol–water partition coefficient (Wildman–Crippen LogP) is -0.297. The summed E-state index contributed by atoms with van der Waals surface area (Å²) in [5.41, 5.74) is 4.47. The van der Waals surface area contributed by atoms with Crippen molar-refractivity contribution < 1.29 is 15.0 Å². The van der Waals surface area contributed by atoms with Crippen molar-refractivity contribution in [3.8, 4) is 0 Å². The van der Waals surface area contributed by atoms with E-state index < -0.39 is 11.5 Å². The summed E-state index contributed by atoms with van der Waals surface area (Å²) in [6, 6.07) is 0. The summed E-state index contributed by atoms with van der Waals surface area (Å²) >= 11 is 0. The van der Waals surface area contributed by atoms with E-state index in [0.29, 0.717) is 25.7 Å². The average Bonchev–Trinajstić information content (AvgIpc) is 1.95. The lowest BCUT2D eigenvalue weighted by atomic mass is 9.81. The van der Waals surface area contributed by atoms with E-state index in [1.807, 2.05) is 0 Å². The Bertz CT molecular complexity index is 161. The van der Waals surface area contributed by atoms with E-state index in [1.165, 1.54) is 0 Å². The molecule has 0 radical (unpaired) electrons. The van der Waals surface area contributed by atoms with Gasteiger partial charge in [0.25, 0.3) is 0 Å². The fourth-order valence-electron chi connectivity index (χ4n) is 1.33. The van der Waals surface area contributed by atoms with E-state index >= 15 is 0 Å². The molecule has 0 heterocycles. The number of aliphatic carboxylic acids is 1. The zero-order chi connectivity index (χ0) is 8.48. The third kappa shape index (κ3) is 1.70. The van der Waals surface area contributed by atoms with Crippen LogP contribution in [0.5, 0.6) is 0 Å². The number of aliphatic hydroxyl groups excluding tert-OH is 1. The summed E-state index contributed by atoms with van der Waals surface area (Å²) in [6.45, 7) is 0. The fraction of sp³-hybridized carbons (Fsp3) is 0.857. The van der Waals surface area contributed by atoms with Gasteiger partial charge in [-0.15, -0.1) is 0 Å². The van der Waals surface area contributed by atoms with E-state index in [4.69, 9.17) is 15.9 Å². The van der Waals surface area contributed by atoms with Crippen LogP contribution in [0, 0.1) is 0 Å². The molecule has 4 nitrogen and oxygen atoms in total. The van der Waals surface area contributed by atoms with E-state index in [-0.39, 0.29) is 6.10 Å². The quantitative estimate of drug-likeness (QED) is 0.490. The molecule has 0 spiro atoms. The Morgan fingerprint density at radius 3 is 2.27 bits per heavy atom. The minimum absolute atomic E-state index is 0.356. The SMILES string of the molecule is NC1(C(=O)O)CCC(O)CC1. The van der Waals surface area contributed by atoms with Crippen LogP contribution >= 0.6 is 0 Å². The summed E-state index contributed by atoms with van der Waals surface area (Å²) in [7, 11) is 0. The highest BCUT2D eigenvalue weighted by atomic mass is 16.4. The molecule has 1 aliphatic rings. The topological polar surface area (TPSA) is 83.6 Å². The van der Waals surface area contributed by atoms with Gasteiger partial charge in [-0.1, -0.05) is 0 Å². The maximum absolute atomic E-state index is 10.6. The Morgan fingerprint density at radius 2 is 1.91 bits per heavy atom. The van der Waals surface area contributed by atoms with Crippen molar-refractivity contribution in [3.05, 3.63) is 0 Å². The number of hydrogen-bond donors (Lipinski definition) is 3. The van der Waals surface area contributed by atoms with Crippen LogP contribution in [0.1, 0.15) is 25.7 Å². The molecule has 0 unspecified atom stereocenters. The molecule has 0 aromatic rings. The van der Waals surface area contributed by atoms with Gasteiger partial charge in [0, 0.05) is 0 Å². The molecule has 11 heavy (non-hydrogen) atoms. The van der Waals surface area contributed by atoms with E-state index in [2.05, 4.69) is 0 Å². The zero-order valence-electron chi connectivity index (χ0n) is 6.29. The number of carbonyl (C=O) groups is 1. The van der Waals surface area contributed by atoms with Gasteiger partial charge in [-0.3, -0.25) is 4.79 Å². The summed E-state index contributed by atoms with van der Waals surface area (Å²) in [6.07, 6.45) is 1.41. The van der Waals surface area contributed by atoms with E-state index in [0.717, 1.165) is 0 Å². The van der Waals surface area contributed by atoms with Gasteiger partial charge in [-0.25, -0.2) is 0 Å². The molecular weight excluding hydrogens is 146 g/mol. The molecule has 1 fully saturated rings. The number of carboxylic acid groups (broad SMARTS) is 1. The molecule has 1 aliphatic carbocycles. The Hall–Kier alpha value is -0.610. The molecule has 0 bridgehead atoms. The monoisotopic (exact) mass is 159 g/mol. The molecule has 0 saturated heterocycles. The standard InChI is InChI=1S/C7H13NO3/c8-7(6(10)11)3-1-5(9)2-4-7/h5,9H,1-4,8H2,(H,10,11). The third-order valence-electron chi connectivity index (χ3n) is 2.27. The Balaban J connectivity index is 2.55. The molecule has 0 amide bonds. The molecule has 0 atom stereocenters. The highest BCUT2D eigenvalue weighted by molar-refractivity contribution is 5.78. The van der Waals surface area contributed by atoms with Crippen molar-refractivity contribution in [1.29, 1.82) is 0 Å². The van der Waals surface area contributed by atoms with Gasteiger partial charge < -0.3 is 15.9 Å². The van der Waals surface area contributed by atoms with Gasteiger partial charge in [0.2, 0.25) is 0 Å². The van der Waals surface area contributed by atoms with Crippen LogP contribution in [0.2, 0.25) is 0 Å². The van der Waals surface area contributed by atoms with Gasteiger partial charge in [-0.05, 0) is 25.7 Å². The highest BCUT2D eigenvalue weighted by Gasteiger charge is 2.37. The average molecular weight is 159 g/mol. The van der Waals surface area contributed by atoms with Gasteiger partial charge >= 0.3 is 5.97 Å². The van der Waals surface area contributed by atoms with Crippen LogP contribution in [0.15, 0.2) is 0 Å². The summed E-state index contributed by atoms with van der Waals surface area (Å²) in [5, 5.41) is 17.8. The lowest BCUT2D eigenvalue weighted by Gasteiger charge is -2.31. The zero-order valence-corrected chi connectivity index (χ0v) is 6.29. The molecule has 4 N–H and O–H groups in total. The molecule has 0 aliphatic heterocycles. The van der Waals surface area contributed by atoms with Gasteiger partial charge in [-0.2, -0.15) is 0 Å². The molecule has 0 aromatic heterocycles. The van der Waals surface area contributed by atoms with Gasteiger partial charge in [0.1, 0.15) is 5.54 Å². The first-order chi connectivity index (χ1) is 5.04. The Labute approximate surface area is 65.0 Å². The molecule has 0 aromatic carbocycles. The van der Waals surface area contributed by atoms with Crippen molar-refractivity contribution in [1.82, 2.24) is 0 Å². The lowest BCUT2D eigenvalue weighted by Crippen LogP contribution is -2.51. The van der Waals surface area contributed by atoms with Gasteiger partial charge in [0.15, 0.2) is 0 Å². The van der Waals surface area contributed by atoms with Crippen LogP contribution in [0.4, 0.5) is 0 Å². The van der Waals surface area contributed by atoms with Crippen molar-refractivity contribution in [2.75, 3.05) is 0 Å². The first-order valence-electron chi connectivity index (χ1n) is 3.75. The number of rotatable bonds is 1. The first-order valence-corrected chi connectivity index (χ1v) is 3.75. The van der Waals surface area contributed by atoms with Crippen LogP contribution in [0.3, 0.4) is 0 Å². The van der Waals surface area contributed by atoms with Crippen LogP contribution in [-0.4, -0.2) is 27.8 Å². The van der Waals surface area contributed by atoms with Crippen molar-refractivity contribution in [2.45, 2.75) is 37.3 Å². The Morgan fingerprint density at radius 1 is 1.45 bits per heavy atom. The van der Waals surface area contributed by atoms with Crippen LogP contribution in [0.25, 0.3) is 0 Å². The minimum Gasteiger partial charge on any atom is -0.480 e. The largest absolute Gasteiger partial charge is 0.480 e. The smallest absolute Gasteiger partial charge is 0.323 e. The number of nitrogens with two attached hydrogens (primary N) is 1. The molecule has 1 saturated carbocycles. The molecule has 64 valence electrons. The maximum atomic E-state index is 10.6. The van der Waals surface area contributed by atoms with Crippen LogP contribution in [-0.2, 0) is 4.79 Å². The summed E-state index contributed by atoms with van der Waals surface area (Å²) in [5.74, 6) is -0.954. The van der Waals surface area contributed by atoms with Crippen molar-refractivity contribution >= 4 is 5.97 Å². The molecule has 1 rings (SSSR count). The number of hydrogen-bond acceptors (Lipinski definition) is 3. The van der Waals surface area contributed by atoms with E-state index in [9.17, 15) is 4.79 Å². The second-order valence-electron chi connectivity index (χ2n) is 3.19. The Kier molecular flexibility index (Phi) is 2.15. The first kappa shape index (κ1) is 8.49. The molecule has 4 heteroatoms. The maximum Gasteiger partial charge on any atom is 0.323 e. The lowest BCUT2D eigenvalue weighted by molar-refractivity contribution is -0.145. The predicted molar refractivity (Wildman–Crippen MR) is 39.0 cm³/mol. The second kappa shape index (κ2) is 2.79. The number of carboxylic acids is 1. The second-order valence-corrected chi connectivity index (χ2v) is 3.19. The summed E-state index contributed by atoms with van der Waals surface area (Å²) < 4.78 is 0. The van der Waals surface area contributed by atoms with Crippen molar-refractivity contribution in [3.63, 3.8) is 0 Å². The number of aliphatic hydroxyl groups is 1. The summed E-state index contributed by atoms with van der Waals surface area (Å²) in [4.78, 5) is 10.6. The van der Waals surface area contributed by atoms with Crippen LogP contribution < -0.4 is 5.73 Å². The highest BCUT2D eigenvalue weighted by Crippen LogP contribution is 2.26. The minimum atomic E-state index is -1.08. The van der Waals surface area contributed by atoms with Crippen molar-refractivity contribution in [2.24, 2.45) is 5.73 Å².